The van der Waals surface area contributed by atoms with Crippen molar-refractivity contribution in [1.82, 2.24) is 5.32 Å². The van der Waals surface area contributed by atoms with Crippen LogP contribution >= 0.6 is 12.2 Å². The van der Waals surface area contributed by atoms with Crippen LogP contribution in [0.2, 0.25) is 0 Å². The standard InChI is InChI=1S/C24H26F7N3OS/c1-13(2)35-17-7-8-19(18(25)12-17)33-20-5-3-4-6-21(20)34-22(36)32-16-10-14(23(26,27)28)9-15(11-16)24(29,30)31/h7-13,20-21,33H,3-6H2,1-2H3,(H2,32,34,36)/t20-,21-/m0/s1. The summed E-state index contributed by atoms with van der Waals surface area (Å²) in [4.78, 5) is 0. The predicted octanol–water partition coefficient (Wildman–Crippen LogP) is 7.36. The van der Waals surface area contributed by atoms with Gasteiger partial charge in [-0.1, -0.05) is 12.8 Å². The first-order chi connectivity index (χ1) is 16.7. The lowest BCUT2D eigenvalue weighted by atomic mass is 9.90. The largest absolute Gasteiger partial charge is 0.491 e. The third-order valence-electron chi connectivity index (χ3n) is 5.58. The lowest BCUT2D eigenvalue weighted by Gasteiger charge is -2.34. The lowest BCUT2D eigenvalue weighted by molar-refractivity contribution is -0.143. The molecule has 0 radical (unpaired) electrons. The van der Waals surface area contributed by atoms with Gasteiger partial charge in [0.25, 0.3) is 0 Å². The number of rotatable bonds is 6. The molecule has 0 bridgehead atoms. The zero-order valence-corrected chi connectivity index (χ0v) is 20.3. The fourth-order valence-electron chi connectivity index (χ4n) is 4.00. The van der Waals surface area contributed by atoms with Gasteiger partial charge in [0.15, 0.2) is 5.11 Å². The molecule has 0 spiro atoms. The summed E-state index contributed by atoms with van der Waals surface area (Å²) in [6.07, 6.45) is -7.10. The second-order valence-electron chi connectivity index (χ2n) is 8.84. The van der Waals surface area contributed by atoms with E-state index in [1.54, 1.807) is 12.1 Å². The van der Waals surface area contributed by atoms with E-state index in [4.69, 9.17) is 17.0 Å². The van der Waals surface area contributed by atoms with Gasteiger partial charge < -0.3 is 20.7 Å². The average Bonchev–Trinajstić information content (AvgIpc) is 2.75. The van der Waals surface area contributed by atoms with Crippen molar-refractivity contribution in [2.75, 3.05) is 10.6 Å². The van der Waals surface area contributed by atoms with Gasteiger partial charge in [0.05, 0.1) is 22.9 Å². The summed E-state index contributed by atoms with van der Waals surface area (Å²) in [7, 11) is 0. The molecule has 1 aliphatic rings. The molecule has 0 unspecified atom stereocenters. The molecule has 2 atom stereocenters. The highest BCUT2D eigenvalue weighted by atomic mass is 32.1. The summed E-state index contributed by atoms with van der Waals surface area (Å²) in [6.45, 7) is 3.64. The Morgan fingerprint density at radius 2 is 1.50 bits per heavy atom. The Kier molecular flexibility index (Phi) is 8.58. The molecule has 3 rings (SSSR count). The van der Waals surface area contributed by atoms with E-state index >= 15 is 0 Å². The van der Waals surface area contributed by atoms with Crippen molar-refractivity contribution in [3.05, 3.63) is 53.3 Å². The van der Waals surface area contributed by atoms with E-state index in [9.17, 15) is 30.7 Å². The van der Waals surface area contributed by atoms with Crippen LogP contribution in [0.3, 0.4) is 0 Å². The van der Waals surface area contributed by atoms with Crippen LogP contribution in [0, 0.1) is 5.82 Å². The van der Waals surface area contributed by atoms with Crippen LogP contribution in [0.5, 0.6) is 5.75 Å². The van der Waals surface area contributed by atoms with Crippen LogP contribution < -0.4 is 20.7 Å². The maximum atomic E-state index is 14.6. The van der Waals surface area contributed by atoms with Gasteiger partial charge in [-0.2, -0.15) is 26.3 Å². The van der Waals surface area contributed by atoms with E-state index < -0.39 is 35.0 Å². The zero-order valence-electron chi connectivity index (χ0n) is 19.5. The van der Waals surface area contributed by atoms with Crippen LogP contribution in [-0.2, 0) is 12.4 Å². The highest BCUT2D eigenvalue weighted by Crippen LogP contribution is 2.37. The van der Waals surface area contributed by atoms with E-state index in [1.165, 1.54) is 6.07 Å². The number of ether oxygens (including phenoxy) is 1. The topological polar surface area (TPSA) is 45.3 Å². The van der Waals surface area contributed by atoms with E-state index in [0.29, 0.717) is 30.7 Å². The number of hydrogen-bond donors (Lipinski definition) is 3. The molecular weight excluding hydrogens is 511 g/mol. The summed E-state index contributed by atoms with van der Waals surface area (Å²) in [6, 6.07) is 5.02. The van der Waals surface area contributed by atoms with Gasteiger partial charge in [-0.05, 0) is 69.2 Å². The fourth-order valence-corrected chi connectivity index (χ4v) is 4.27. The first-order valence-electron chi connectivity index (χ1n) is 11.3. The Morgan fingerprint density at radius 3 is 2.03 bits per heavy atom. The lowest BCUT2D eigenvalue weighted by Crippen LogP contribution is -2.49. The molecule has 4 nitrogen and oxygen atoms in total. The van der Waals surface area contributed by atoms with Gasteiger partial charge in [0, 0.05) is 23.8 Å². The van der Waals surface area contributed by atoms with Crippen LogP contribution in [0.25, 0.3) is 0 Å². The van der Waals surface area contributed by atoms with Crippen molar-refractivity contribution in [3.8, 4) is 5.75 Å². The number of hydrogen-bond acceptors (Lipinski definition) is 3. The minimum absolute atomic E-state index is 0.0504. The van der Waals surface area contributed by atoms with Crippen molar-refractivity contribution < 1.29 is 35.5 Å². The highest BCUT2D eigenvalue weighted by Gasteiger charge is 2.37. The molecule has 198 valence electrons. The minimum Gasteiger partial charge on any atom is -0.491 e. The van der Waals surface area contributed by atoms with Crippen molar-refractivity contribution >= 4 is 28.7 Å². The number of alkyl halides is 6. The first-order valence-corrected chi connectivity index (χ1v) is 11.7. The third-order valence-corrected chi connectivity index (χ3v) is 5.80. The van der Waals surface area contributed by atoms with E-state index in [-0.39, 0.29) is 35.1 Å². The first kappa shape index (κ1) is 27.8. The van der Waals surface area contributed by atoms with Crippen LogP contribution in [-0.4, -0.2) is 23.3 Å². The second kappa shape index (κ2) is 11.1. The molecule has 1 saturated carbocycles. The molecule has 3 N–H and O–H groups in total. The number of anilines is 2. The molecule has 12 heteroatoms. The SMILES string of the molecule is CC(C)Oc1ccc(N[C@H]2CCCC[C@@H]2NC(=S)Nc2cc(C(F)(F)F)cc(C(F)(F)F)c2)c(F)c1. The molecule has 0 amide bonds. The molecule has 0 heterocycles. The van der Waals surface area contributed by atoms with Crippen molar-refractivity contribution in [2.45, 2.75) is 70.1 Å². The zero-order chi connectivity index (χ0) is 26.7. The number of nitrogens with one attached hydrogen (secondary N) is 3. The third kappa shape index (κ3) is 7.62. The van der Waals surface area contributed by atoms with E-state index in [2.05, 4.69) is 16.0 Å². The fraction of sp³-hybridized carbons (Fsp3) is 0.458. The average molecular weight is 538 g/mol. The van der Waals surface area contributed by atoms with Gasteiger partial charge in [-0.15, -0.1) is 0 Å². The molecule has 1 aliphatic carbocycles. The summed E-state index contributed by atoms with van der Waals surface area (Å²) in [5.41, 5.74) is -3.08. The molecule has 0 aromatic heterocycles. The van der Waals surface area contributed by atoms with Crippen molar-refractivity contribution in [1.29, 1.82) is 0 Å². The van der Waals surface area contributed by atoms with E-state index in [1.807, 2.05) is 13.8 Å². The Balaban J connectivity index is 1.72. The summed E-state index contributed by atoms with van der Waals surface area (Å²) >= 11 is 5.19. The summed E-state index contributed by atoms with van der Waals surface area (Å²) < 4.78 is 98.9. The maximum absolute atomic E-state index is 14.6. The second-order valence-corrected chi connectivity index (χ2v) is 9.25. The van der Waals surface area contributed by atoms with Gasteiger partial charge in [-0.3, -0.25) is 0 Å². The van der Waals surface area contributed by atoms with Crippen LogP contribution in [0.1, 0.15) is 50.7 Å². The Hall–Kier alpha value is -2.76. The minimum atomic E-state index is -4.97. The Labute approximate surface area is 209 Å². The van der Waals surface area contributed by atoms with Gasteiger partial charge in [0.2, 0.25) is 0 Å². The molecule has 0 aliphatic heterocycles. The maximum Gasteiger partial charge on any atom is 0.416 e. The molecule has 36 heavy (non-hydrogen) atoms. The van der Waals surface area contributed by atoms with Gasteiger partial charge >= 0.3 is 12.4 Å². The normalized spacial score (nSPS) is 18.6. The van der Waals surface area contributed by atoms with E-state index in [0.717, 1.165) is 12.8 Å². The smallest absolute Gasteiger partial charge is 0.416 e. The monoisotopic (exact) mass is 537 g/mol. The van der Waals surface area contributed by atoms with Crippen molar-refractivity contribution in [2.24, 2.45) is 0 Å². The summed E-state index contributed by atoms with van der Waals surface area (Å²) in [5.74, 6) is -0.127. The van der Waals surface area contributed by atoms with Crippen LogP contribution in [0.4, 0.5) is 42.1 Å². The number of halogens is 7. The van der Waals surface area contributed by atoms with Crippen LogP contribution in [0.15, 0.2) is 36.4 Å². The molecular formula is C24H26F7N3OS. The Bertz CT molecular complexity index is 1040. The summed E-state index contributed by atoms with van der Waals surface area (Å²) in [5, 5.41) is 8.39. The number of benzene rings is 2. The highest BCUT2D eigenvalue weighted by molar-refractivity contribution is 7.80. The Morgan fingerprint density at radius 1 is 0.917 bits per heavy atom. The molecule has 0 saturated heterocycles. The number of thiocarbonyl (C=S) groups is 1. The molecule has 1 fully saturated rings. The van der Waals surface area contributed by atoms with Gasteiger partial charge in [-0.25, -0.2) is 4.39 Å². The quantitative estimate of drug-likeness (QED) is 0.266. The molecule has 2 aromatic rings. The molecule has 2 aromatic carbocycles. The predicted molar refractivity (Wildman–Crippen MR) is 128 cm³/mol. The van der Waals surface area contributed by atoms with Crippen molar-refractivity contribution in [3.63, 3.8) is 0 Å². The van der Waals surface area contributed by atoms with Gasteiger partial charge in [0.1, 0.15) is 11.6 Å².